The number of nitrogens with zero attached hydrogens (tertiary/aromatic N) is 1. The molecule has 2 unspecified atom stereocenters. The number of fused-ring (bicyclic) bond motifs is 1. The first-order valence-electron chi connectivity index (χ1n) is 13.6. The molecule has 0 bridgehead atoms. The molecule has 9 heteroatoms. The molecule has 3 aromatic rings. The normalized spacial score (nSPS) is 13.6. The monoisotopic (exact) mass is 554 g/mol. The lowest BCUT2D eigenvalue weighted by Gasteiger charge is -2.31. The van der Waals surface area contributed by atoms with Gasteiger partial charge in [0.15, 0.2) is 0 Å². The maximum Gasteiger partial charge on any atom is 0.243 e. The number of benzene rings is 3. The molecule has 0 aromatic heterocycles. The van der Waals surface area contributed by atoms with E-state index in [1.165, 1.54) is 16.4 Å². The number of carbonyl (C=O) groups excluding carboxylic acids is 1. The quantitative estimate of drug-likeness (QED) is 0.168. The summed E-state index contributed by atoms with van der Waals surface area (Å²) in [6.07, 6.45) is 1.49. The number of hydrogen-bond donors (Lipinski definition) is 4. The third-order valence-corrected chi connectivity index (χ3v) is 8.67. The van der Waals surface area contributed by atoms with Crippen molar-refractivity contribution in [3.05, 3.63) is 72.3 Å². The Hall–Kier alpha value is -2.98. The lowest BCUT2D eigenvalue weighted by molar-refractivity contribution is -0.123. The van der Waals surface area contributed by atoms with E-state index in [1.807, 2.05) is 39.0 Å². The van der Waals surface area contributed by atoms with Gasteiger partial charge in [-0.1, -0.05) is 63.2 Å². The third-order valence-electron chi connectivity index (χ3n) is 6.73. The maximum atomic E-state index is 13.4. The van der Waals surface area contributed by atoms with Crippen molar-refractivity contribution in [3.63, 3.8) is 0 Å². The second kappa shape index (κ2) is 14.4. The fourth-order valence-electron chi connectivity index (χ4n) is 4.77. The molecular weight excluding hydrogens is 512 g/mol. The molecule has 0 fully saturated rings. The van der Waals surface area contributed by atoms with Crippen LogP contribution in [0.3, 0.4) is 0 Å². The molecule has 0 aliphatic rings. The molecule has 0 saturated heterocycles. The van der Waals surface area contributed by atoms with Crippen LogP contribution in [0.5, 0.6) is 0 Å². The van der Waals surface area contributed by atoms with Crippen LogP contribution in [0, 0.1) is 5.92 Å². The average Bonchev–Trinajstić information content (AvgIpc) is 2.92. The number of likely N-dealkylation sites (N-methyl/N-ethyl adjacent to an activating group) is 1. The van der Waals surface area contributed by atoms with Gasteiger partial charge in [0.1, 0.15) is 0 Å². The van der Waals surface area contributed by atoms with E-state index < -0.39 is 22.1 Å². The summed E-state index contributed by atoms with van der Waals surface area (Å²) in [4.78, 5) is 13.2. The minimum Gasteiger partial charge on any atom is -0.399 e. The van der Waals surface area contributed by atoms with Gasteiger partial charge < -0.3 is 21.5 Å². The fourth-order valence-corrected chi connectivity index (χ4v) is 6.58. The Kier molecular flexibility index (Phi) is 11.3. The van der Waals surface area contributed by atoms with E-state index in [0.29, 0.717) is 38.0 Å². The van der Waals surface area contributed by atoms with Gasteiger partial charge in [-0.2, -0.15) is 4.31 Å². The van der Waals surface area contributed by atoms with Gasteiger partial charge in [-0.3, -0.25) is 4.79 Å². The standard InChI is InChI=1S/C30H42N4O4S/c1-4-32-29(19-24-11-7-10-23-9-5-6-13-28(23)24)30(36)33-18-8-12-26(21-35)34(20-22(2)3)39(37,38)27-16-14-25(31)15-17-27/h5-7,9-11,13-17,22,26,29,32,35H,4,8,12,18-21,31H2,1-3H3,(H,33,36). The summed E-state index contributed by atoms with van der Waals surface area (Å²) in [6.45, 7) is 6.86. The molecule has 0 aliphatic carbocycles. The molecule has 1 amide bonds. The summed E-state index contributed by atoms with van der Waals surface area (Å²) < 4.78 is 28.3. The first-order chi connectivity index (χ1) is 18.7. The minimum atomic E-state index is -3.83. The molecule has 0 heterocycles. The molecule has 2 atom stereocenters. The van der Waals surface area contributed by atoms with Crippen molar-refractivity contribution in [3.8, 4) is 0 Å². The molecular formula is C30H42N4O4S. The van der Waals surface area contributed by atoms with Crippen molar-refractivity contribution in [2.45, 2.75) is 57.0 Å². The molecule has 39 heavy (non-hydrogen) atoms. The number of hydrogen-bond acceptors (Lipinski definition) is 6. The number of anilines is 1. The van der Waals surface area contributed by atoms with Crippen molar-refractivity contribution in [1.29, 1.82) is 0 Å². The predicted molar refractivity (Wildman–Crippen MR) is 158 cm³/mol. The molecule has 5 N–H and O–H groups in total. The van der Waals surface area contributed by atoms with E-state index in [4.69, 9.17) is 5.73 Å². The van der Waals surface area contributed by atoms with Crippen LogP contribution < -0.4 is 16.4 Å². The first-order valence-corrected chi connectivity index (χ1v) is 15.1. The Labute approximate surface area is 232 Å². The van der Waals surface area contributed by atoms with Crippen LogP contribution in [-0.2, 0) is 21.2 Å². The number of amides is 1. The number of nitrogens with two attached hydrogens (primary N) is 1. The SMILES string of the molecule is CCNC(Cc1cccc2ccccc12)C(=O)NCCCC(CO)N(CC(C)C)S(=O)(=O)c1ccc(N)cc1. The van der Waals surface area contributed by atoms with Crippen molar-refractivity contribution in [2.24, 2.45) is 5.92 Å². The summed E-state index contributed by atoms with van der Waals surface area (Å²) in [7, 11) is -3.83. The average molecular weight is 555 g/mol. The Balaban J connectivity index is 1.63. The summed E-state index contributed by atoms with van der Waals surface area (Å²) in [6, 6.07) is 19.4. The Morgan fingerprint density at radius 1 is 1.03 bits per heavy atom. The number of aliphatic hydroxyl groups is 1. The highest BCUT2D eigenvalue weighted by atomic mass is 32.2. The van der Waals surface area contributed by atoms with E-state index in [-0.39, 0.29) is 29.9 Å². The van der Waals surface area contributed by atoms with Gasteiger partial charge in [-0.25, -0.2) is 8.42 Å². The Morgan fingerprint density at radius 3 is 2.38 bits per heavy atom. The topological polar surface area (TPSA) is 125 Å². The van der Waals surface area contributed by atoms with Crippen LogP contribution in [0.2, 0.25) is 0 Å². The molecule has 0 saturated carbocycles. The highest BCUT2D eigenvalue weighted by Crippen LogP contribution is 2.23. The van der Waals surface area contributed by atoms with Gasteiger partial charge in [-0.15, -0.1) is 0 Å². The smallest absolute Gasteiger partial charge is 0.243 e. The van der Waals surface area contributed by atoms with E-state index in [2.05, 4.69) is 34.9 Å². The Bertz CT molecular complexity index is 1310. The van der Waals surface area contributed by atoms with Crippen LogP contribution in [0.15, 0.2) is 71.6 Å². The van der Waals surface area contributed by atoms with E-state index >= 15 is 0 Å². The summed E-state index contributed by atoms with van der Waals surface area (Å²) in [5, 5.41) is 18.7. The fraction of sp³-hybridized carbons (Fsp3) is 0.433. The van der Waals surface area contributed by atoms with Gasteiger partial charge >= 0.3 is 0 Å². The lowest BCUT2D eigenvalue weighted by Crippen LogP contribution is -2.46. The van der Waals surface area contributed by atoms with Crippen LogP contribution >= 0.6 is 0 Å². The zero-order valence-electron chi connectivity index (χ0n) is 23.1. The highest BCUT2D eigenvalue weighted by Gasteiger charge is 2.31. The van der Waals surface area contributed by atoms with Gasteiger partial charge in [0, 0.05) is 24.8 Å². The number of rotatable bonds is 15. The van der Waals surface area contributed by atoms with Crippen LogP contribution in [0.4, 0.5) is 5.69 Å². The summed E-state index contributed by atoms with van der Waals surface area (Å²) in [5.41, 5.74) is 7.32. The van der Waals surface area contributed by atoms with Crippen LogP contribution in [-0.4, -0.2) is 62.1 Å². The van der Waals surface area contributed by atoms with E-state index in [9.17, 15) is 18.3 Å². The molecule has 0 spiro atoms. The van der Waals surface area contributed by atoms with Gasteiger partial charge in [0.05, 0.1) is 17.5 Å². The zero-order chi connectivity index (χ0) is 28.4. The number of carbonyl (C=O) groups is 1. The second-order valence-corrected chi connectivity index (χ2v) is 12.2. The largest absolute Gasteiger partial charge is 0.399 e. The van der Waals surface area contributed by atoms with Crippen molar-refractivity contribution >= 4 is 32.4 Å². The van der Waals surface area contributed by atoms with E-state index in [0.717, 1.165) is 16.3 Å². The Morgan fingerprint density at radius 2 is 1.72 bits per heavy atom. The van der Waals surface area contributed by atoms with Crippen molar-refractivity contribution < 1.29 is 18.3 Å². The highest BCUT2D eigenvalue weighted by molar-refractivity contribution is 7.89. The predicted octanol–water partition coefficient (Wildman–Crippen LogP) is 3.55. The number of sulfonamides is 1. The number of nitrogen functional groups attached to an aromatic ring is 1. The molecule has 3 aromatic carbocycles. The number of nitrogens with one attached hydrogen (secondary N) is 2. The van der Waals surface area contributed by atoms with Crippen molar-refractivity contribution in [2.75, 3.05) is 32.0 Å². The summed E-state index contributed by atoms with van der Waals surface area (Å²) in [5.74, 6) is -0.0314. The zero-order valence-corrected chi connectivity index (χ0v) is 24.0. The summed E-state index contributed by atoms with van der Waals surface area (Å²) >= 11 is 0. The molecule has 0 radical (unpaired) electrons. The van der Waals surface area contributed by atoms with Crippen LogP contribution in [0.1, 0.15) is 39.2 Å². The van der Waals surface area contributed by atoms with Gasteiger partial charge in [0.25, 0.3) is 0 Å². The molecule has 3 rings (SSSR count). The van der Waals surface area contributed by atoms with Crippen molar-refractivity contribution in [1.82, 2.24) is 14.9 Å². The molecule has 0 aliphatic heterocycles. The first kappa shape index (κ1) is 30.6. The maximum absolute atomic E-state index is 13.4. The third kappa shape index (κ3) is 8.25. The van der Waals surface area contributed by atoms with E-state index in [1.54, 1.807) is 12.1 Å². The second-order valence-electron chi connectivity index (χ2n) is 10.3. The van der Waals surface area contributed by atoms with Gasteiger partial charge in [-0.05, 0) is 72.3 Å². The lowest BCUT2D eigenvalue weighted by atomic mass is 9.98. The number of aliphatic hydroxyl groups excluding tert-OH is 1. The van der Waals surface area contributed by atoms with Gasteiger partial charge in [0.2, 0.25) is 15.9 Å². The van der Waals surface area contributed by atoms with Crippen LogP contribution in [0.25, 0.3) is 10.8 Å². The molecule has 212 valence electrons. The minimum absolute atomic E-state index is 0.0669. The molecule has 8 nitrogen and oxygen atoms in total.